The van der Waals surface area contributed by atoms with Crippen LogP contribution in [0.3, 0.4) is 0 Å². The first-order valence-electron chi connectivity index (χ1n) is 5.80. The first-order valence-corrected chi connectivity index (χ1v) is 5.80. The zero-order valence-corrected chi connectivity index (χ0v) is 9.86. The maximum Gasteiger partial charge on any atom is 0.121 e. The average molecular weight is 221 g/mol. The highest BCUT2D eigenvalue weighted by atomic mass is 16.5. The molecule has 1 fully saturated rings. The average Bonchev–Trinajstić information content (AvgIpc) is 2.65. The van der Waals surface area contributed by atoms with E-state index in [0.29, 0.717) is 0 Å². The summed E-state index contributed by atoms with van der Waals surface area (Å²) in [5, 5.41) is 13.1. The van der Waals surface area contributed by atoms with Gasteiger partial charge in [-0.25, -0.2) is 0 Å². The van der Waals surface area contributed by atoms with Crippen molar-refractivity contribution in [1.29, 1.82) is 0 Å². The summed E-state index contributed by atoms with van der Waals surface area (Å²) < 4.78 is 5.21. The van der Waals surface area contributed by atoms with Gasteiger partial charge < -0.3 is 15.2 Å². The first-order chi connectivity index (χ1) is 7.70. The van der Waals surface area contributed by atoms with E-state index in [1.54, 1.807) is 7.11 Å². The molecule has 0 spiro atoms. The number of ether oxygens (including phenoxy) is 1. The molecule has 3 heteroatoms. The van der Waals surface area contributed by atoms with Crippen LogP contribution in [-0.4, -0.2) is 24.4 Å². The number of rotatable bonds is 3. The van der Waals surface area contributed by atoms with E-state index in [1.165, 1.54) is 0 Å². The van der Waals surface area contributed by atoms with Crippen LogP contribution in [0.25, 0.3) is 0 Å². The summed E-state index contributed by atoms with van der Waals surface area (Å²) in [6, 6.07) is 6.22. The van der Waals surface area contributed by atoms with Gasteiger partial charge in [0.15, 0.2) is 0 Å². The summed E-state index contributed by atoms with van der Waals surface area (Å²) in [5.74, 6) is 0.900. The van der Waals surface area contributed by atoms with Crippen molar-refractivity contribution in [3.63, 3.8) is 0 Å². The molecular weight excluding hydrogens is 202 g/mol. The highest BCUT2D eigenvalue weighted by Crippen LogP contribution is 2.26. The zero-order chi connectivity index (χ0) is 11.5. The van der Waals surface area contributed by atoms with Gasteiger partial charge in [0.2, 0.25) is 0 Å². The lowest BCUT2D eigenvalue weighted by atomic mass is 10.1. The lowest BCUT2D eigenvalue weighted by Crippen LogP contribution is -2.27. The lowest BCUT2D eigenvalue weighted by molar-refractivity contribution is 0.172. The van der Waals surface area contributed by atoms with Crippen molar-refractivity contribution in [2.75, 3.05) is 12.4 Å². The number of aryl methyl sites for hydroxylation is 1. The second kappa shape index (κ2) is 4.74. The van der Waals surface area contributed by atoms with Crippen LogP contribution in [0.4, 0.5) is 5.69 Å². The standard InChI is InChI=1S/C13H19NO2/c1-9-8-10(6-7-13(9)16-2)14-11-4-3-5-12(11)15/h6-8,11-12,14-15H,3-5H2,1-2H3/t11-,12-/m1/s1. The summed E-state index contributed by atoms with van der Waals surface area (Å²) in [6.45, 7) is 2.02. The molecule has 0 bridgehead atoms. The highest BCUT2D eigenvalue weighted by Gasteiger charge is 2.24. The van der Waals surface area contributed by atoms with Crippen molar-refractivity contribution in [3.05, 3.63) is 23.8 Å². The minimum atomic E-state index is -0.206. The van der Waals surface area contributed by atoms with Crippen molar-refractivity contribution in [1.82, 2.24) is 0 Å². The van der Waals surface area contributed by atoms with E-state index in [1.807, 2.05) is 19.1 Å². The molecule has 16 heavy (non-hydrogen) atoms. The predicted molar refractivity (Wildman–Crippen MR) is 65.0 cm³/mol. The Morgan fingerprint density at radius 1 is 1.38 bits per heavy atom. The number of benzene rings is 1. The monoisotopic (exact) mass is 221 g/mol. The van der Waals surface area contributed by atoms with Crippen molar-refractivity contribution in [2.24, 2.45) is 0 Å². The summed E-state index contributed by atoms with van der Waals surface area (Å²) in [4.78, 5) is 0. The molecule has 1 aromatic rings. The fourth-order valence-electron chi connectivity index (χ4n) is 2.29. The molecule has 2 atom stereocenters. The van der Waals surface area contributed by atoms with Gasteiger partial charge in [-0.2, -0.15) is 0 Å². The van der Waals surface area contributed by atoms with E-state index in [-0.39, 0.29) is 12.1 Å². The van der Waals surface area contributed by atoms with E-state index >= 15 is 0 Å². The molecule has 1 aliphatic rings. The third kappa shape index (κ3) is 2.30. The number of hydrogen-bond donors (Lipinski definition) is 2. The quantitative estimate of drug-likeness (QED) is 0.823. The second-order valence-corrected chi connectivity index (χ2v) is 4.43. The molecule has 1 aliphatic carbocycles. The normalized spacial score (nSPS) is 24.4. The summed E-state index contributed by atoms with van der Waals surface area (Å²) in [7, 11) is 1.68. The van der Waals surface area contributed by atoms with Crippen LogP contribution in [0.1, 0.15) is 24.8 Å². The Bertz CT molecular complexity index is 365. The van der Waals surface area contributed by atoms with Gasteiger partial charge in [0.1, 0.15) is 5.75 Å². The number of methoxy groups -OCH3 is 1. The molecule has 1 saturated carbocycles. The molecule has 0 aliphatic heterocycles. The van der Waals surface area contributed by atoms with Crippen molar-refractivity contribution >= 4 is 5.69 Å². The molecule has 2 N–H and O–H groups in total. The van der Waals surface area contributed by atoms with Gasteiger partial charge in [-0.1, -0.05) is 0 Å². The predicted octanol–water partition coefficient (Wildman–Crippen LogP) is 2.33. The van der Waals surface area contributed by atoms with Crippen LogP contribution >= 0.6 is 0 Å². The third-order valence-corrected chi connectivity index (χ3v) is 3.23. The molecule has 0 radical (unpaired) electrons. The Morgan fingerprint density at radius 2 is 2.19 bits per heavy atom. The second-order valence-electron chi connectivity index (χ2n) is 4.43. The molecule has 88 valence electrons. The topological polar surface area (TPSA) is 41.5 Å². The third-order valence-electron chi connectivity index (χ3n) is 3.23. The zero-order valence-electron chi connectivity index (χ0n) is 9.86. The molecule has 2 rings (SSSR count). The van der Waals surface area contributed by atoms with Crippen LogP contribution in [0.2, 0.25) is 0 Å². The van der Waals surface area contributed by atoms with Crippen LogP contribution in [0.15, 0.2) is 18.2 Å². The van der Waals surface area contributed by atoms with Crippen LogP contribution in [0.5, 0.6) is 5.75 Å². The van der Waals surface area contributed by atoms with Crippen molar-refractivity contribution in [3.8, 4) is 5.75 Å². The van der Waals surface area contributed by atoms with Crippen molar-refractivity contribution in [2.45, 2.75) is 38.3 Å². The highest BCUT2D eigenvalue weighted by molar-refractivity contribution is 5.51. The smallest absolute Gasteiger partial charge is 0.121 e. The largest absolute Gasteiger partial charge is 0.496 e. The molecule has 0 aromatic heterocycles. The fraction of sp³-hybridized carbons (Fsp3) is 0.538. The maximum atomic E-state index is 9.73. The number of hydrogen-bond acceptors (Lipinski definition) is 3. The van der Waals surface area contributed by atoms with Gasteiger partial charge in [0.05, 0.1) is 19.3 Å². The minimum absolute atomic E-state index is 0.202. The van der Waals surface area contributed by atoms with Crippen molar-refractivity contribution < 1.29 is 9.84 Å². The lowest BCUT2D eigenvalue weighted by Gasteiger charge is -2.18. The molecular formula is C13H19NO2. The maximum absolute atomic E-state index is 9.73. The molecule has 0 amide bonds. The molecule has 1 aromatic carbocycles. The Kier molecular flexibility index (Phi) is 3.34. The number of nitrogens with one attached hydrogen (secondary N) is 1. The molecule has 0 unspecified atom stereocenters. The minimum Gasteiger partial charge on any atom is -0.496 e. The number of anilines is 1. The van der Waals surface area contributed by atoms with Gasteiger partial charge in [0, 0.05) is 5.69 Å². The van der Waals surface area contributed by atoms with Crippen LogP contribution in [0, 0.1) is 6.92 Å². The van der Waals surface area contributed by atoms with E-state index in [4.69, 9.17) is 4.74 Å². The summed E-state index contributed by atoms with van der Waals surface area (Å²) in [6.07, 6.45) is 2.86. The molecule has 0 saturated heterocycles. The first kappa shape index (κ1) is 11.3. The Morgan fingerprint density at radius 3 is 2.75 bits per heavy atom. The summed E-state index contributed by atoms with van der Waals surface area (Å²) >= 11 is 0. The van der Waals surface area contributed by atoms with Crippen LogP contribution in [-0.2, 0) is 0 Å². The van der Waals surface area contributed by atoms with Gasteiger partial charge in [-0.3, -0.25) is 0 Å². The van der Waals surface area contributed by atoms with Crippen LogP contribution < -0.4 is 10.1 Å². The van der Waals surface area contributed by atoms with E-state index in [2.05, 4.69) is 11.4 Å². The number of aliphatic hydroxyl groups is 1. The van der Waals surface area contributed by atoms with E-state index in [0.717, 1.165) is 36.3 Å². The van der Waals surface area contributed by atoms with Gasteiger partial charge >= 0.3 is 0 Å². The Balaban J connectivity index is 2.07. The Hall–Kier alpha value is -1.22. The van der Waals surface area contributed by atoms with Gasteiger partial charge in [0.25, 0.3) is 0 Å². The van der Waals surface area contributed by atoms with E-state index in [9.17, 15) is 5.11 Å². The fourth-order valence-corrected chi connectivity index (χ4v) is 2.29. The van der Waals surface area contributed by atoms with E-state index < -0.39 is 0 Å². The van der Waals surface area contributed by atoms with Gasteiger partial charge in [-0.05, 0) is 49.9 Å². The number of aliphatic hydroxyl groups excluding tert-OH is 1. The molecule has 0 heterocycles. The molecule has 3 nitrogen and oxygen atoms in total. The summed E-state index contributed by atoms with van der Waals surface area (Å²) in [5.41, 5.74) is 2.17. The Labute approximate surface area is 96.4 Å². The SMILES string of the molecule is COc1ccc(N[C@@H]2CCC[C@H]2O)cc1C. The van der Waals surface area contributed by atoms with Gasteiger partial charge in [-0.15, -0.1) is 0 Å².